The Morgan fingerprint density at radius 2 is 2.33 bits per heavy atom. The van der Waals surface area contributed by atoms with Gasteiger partial charge in [0, 0.05) is 5.56 Å². The molecule has 0 atom stereocenters. The fourth-order valence-corrected chi connectivity index (χ4v) is 1.08. The fraction of sp³-hybridized carbons (Fsp3) is 0.167. The van der Waals surface area contributed by atoms with Crippen LogP contribution in [0.2, 0.25) is 0 Å². The molecule has 0 aliphatic rings. The summed E-state index contributed by atoms with van der Waals surface area (Å²) >= 11 is 0. The molecule has 0 saturated carbocycles. The summed E-state index contributed by atoms with van der Waals surface area (Å²) in [6.07, 6.45) is 0.906. The van der Waals surface area contributed by atoms with Crippen LogP contribution in [0.5, 0.6) is 5.75 Å². The van der Waals surface area contributed by atoms with Crippen molar-refractivity contribution in [1.29, 1.82) is 5.26 Å². The van der Waals surface area contributed by atoms with Crippen LogP contribution in [-0.2, 0) is 0 Å². The molecule has 0 fully saturated rings. The lowest BCUT2D eigenvalue weighted by atomic mass is 10.1. The van der Waals surface area contributed by atoms with Gasteiger partial charge in [0.2, 0.25) is 0 Å². The van der Waals surface area contributed by atoms with Crippen molar-refractivity contribution in [3.8, 4) is 23.7 Å². The van der Waals surface area contributed by atoms with Crippen molar-refractivity contribution >= 4 is 6.29 Å². The van der Waals surface area contributed by atoms with Gasteiger partial charge in [-0.05, 0) is 18.2 Å². The topological polar surface area (TPSA) is 50.1 Å². The number of methoxy groups -OCH3 is 1. The maximum atomic E-state index is 10.5. The van der Waals surface area contributed by atoms with Crippen LogP contribution in [0.15, 0.2) is 18.2 Å². The number of hydrogen-bond donors (Lipinski definition) is 0. The van der Waals surface area contributed by atoms with Crippen LogP contribution in [0.1, 0.15) is 22.3 Å². The van der Waals surface area contributed by atoms with Gasteiger partial charge in [0.05, 0.1) is 25.2 Å². The summed E-state index contributed by atoms with van der Waals surface area (Å²) in [4.78, 5) is 10.5. The van der Waals surface area contributed by atoms with Gasteiger partial charge in [0.25, 0.3) is 0 Å². The second-order valence-electron chi connectivity index (χ2n) is 2.71. The maximum absolute atomic E-state index is 10.5. The summed E-state index contributed by atoms with van der Waals surface area (Å²) in [5.41, 5.74) is 1.16. The Balaban J connectivity index is 3.09. The van der Waals surface area contributed by atoms with Crippen molar-refractivity contribution in [2.24, 2.45) is 0 Å². The first-order valence-electron chi connectivity index (χ1n) is 4.31. The average molecular weight is 199 g/mol. The predicted octanol–water partition coefficient (Wildman–Crippen LogP) is 1.77. The fourth-order valence-electron chi connectivity index (χ4n) is 1.08. The van der Waals surface area contributed by atoms with E-state index < -0.39 is 0 Å². The minimum atomic E-state index is 0.161. The van der Waals surface area contributed by atoms with Crippen LogP contribution >= 0.6 is 0 Å². The lowest BCUT2D eigenvalue weighted by Crippen LogP contribution is -1.90. The summed E-state index contributed by atoms with van der Waals surface area (Å²) in [6, 6.07) is 6.89. The molecule has 0 radical (unpaired) electrons. The highest BCUT2D eigenvalue weighted by molar-refractivity contribution is 5.76. The second-order valence-corrected chi connectivity index (χ2v) is 2.71. The molecule has 1 aromatic carbocycles. The molecule has 0 N–H and O–H groups in total. The largest absolute Gasteiger partial charge is 0.495 e. The number of ether oxygens (including phenoxy) is 1. The minimum Gasteiger partial charge on any atom is -0.495 e. The third-order valence-corrected chi connectivity index (χ3v) is 1.75. The Bertz CT molecular complexity index is 461. The van der Waals surface area contributed by atoms with E-state index in [1.807, 2.05) is 6.07 Å². The molecule has 0 aliphatic carbocycles. The van der Waals surface area contributed by atoms with Crippen molar-refractivity contribution in [3.05, 3.63) is 29.3 Å². The van der Waals surface area contributed by atoms with Crippen LogP contribution in [0, 0.1) is 23.2 Å². The monoisotopic (exact) mass is 199 g/mol. The van der Waals surface area contributed by atoms with Gasteiger partial charge in [-0.3, -0.25) is 4.79 Å². The van der Waals surface area contributed by atoms with Gasteiger partial charge in [-0.15, -0.1) is 0 Å². The van der Waals surface area contributed by atoms with E-state index in [1.54, 1.807) is 18.2 Å². The lowest BCUT2D eigenvalue weighted by molar-refractivity contribution is 0.112. The molecule has 0 heterocycles. The van der Waals surface area contributed by atoms with E-state index in [-0.39, 0.29) is 6.42 Å². The predicted molar refractivity (Wildman–Crippen MR) is 55.5 cm³/mol. The third-order valence-electron chi connectivity index (χ3n) is 1.75. The third kappa shape index (κ3) is 2.86. The van der Waals surface area contributed by atoms with E-state index in [0.717, 1.165) is 6.29 Å². The van der Waals surface area contributed by atoms with Crippen molar-refractivity contribution in [2.45, 2.75) is 6.42 Å². The highest BCUT2D eigenvalue weighted by Gasteiger charge is 2.00. The zero-order valence-electron chi connectivity index (χ0n) is 8.28. The molecule has 0 aliphatic heterocycles. The zero-order chi connectivity index (χ0) is 11.1. The highest BCUT2D eigenvalue weighted by atomic mass is 16.5. The maximum Gasteiger partial charge on any atom is 0.150 e. The first kappa shape index (κ1) is 10.8. The smallest absolute Gasteiger partial charge is 0.150 e. The summed E-state index contributed by atoms with van der Waals surface area (Å²) in [5, 5.41) is 8.33. The van der Waals surface area contributed by atoms with Gasteiger partial charge in [0.15, 0.2) is 0 Å². The Hall–Kier alpha value is -2.26. The first-order valence-corrected chi connectivity index (χ1v) is 4.31. The Morgan fingerprint density at radius 3 is 2.93 bits per heavy atom. The van der Waals surface area contributed by atoms with E-state index in [9.17, 15) is 4.79 Å². The molecule has 15 heavy (non-hydrogen) atoms. The van der Waals surface area contributed by atoms with Crippen LogP contribution in [0.4, 0.5) is 0 Å². The molecule has 3 nitrogen and oxygen atoms in total. The van der Waals surface area contributed by atoms with E-state index in [0.29, 0.717) is 16.9 Å². The highest BCUT2D eigenvalue weighted by Crippen LogP contribution is 2.17. The normalized spacial score (nSPS) is 8.27. The minimum absolute atomic E-state index is 0.161. The number of benzene rings is 1. The van der Waals surface area contributed by atoms with Gasteiger partial charge < -0.3 is 4.74 Å². The molecular formula is C12H9NO2. The van der Waals surface area contributed by atoms with Crippen molar-refractivity contribution in [2.75, 3.05) is 7.11 Å². The van der Waals surface area contributed by atoms with Crippen LogP contribution in [0.3, 0.4) is 0 Å². The van der Waals surface area contributed by atoms with Crippen molar-refractivity contribution in [1.82, 2.24) is 0 Å². The second kappa shape index (κ2) is 5.47. The molecular weight excluding hydrogens is 190 g/mol. The van der Waals surface area contributed by atoms with Crippen LogP contribution in [-0.4, -0.2) is 13.4 Å². The van der Waals surface area contributed by atoms with Crippen LogP contribution in [0.25, 0.3) is 0 Å². The van der Waals surface area contributed by atoms with Crippen molar-refractivity contribution < 1.29 is 9.53 Å². The molecule has 1 rings (SSSR count). The van der Waals surface area contributed by atoms with E-state index in [1.165, 1.54) is 7.11 Å². The molecule has 0 spiro atoms. The number of hydrogen-bond acceptors (Lipinski definition) is 3. The van der Waals surface area contributed by atoms with Crippen molar-refractivity contribution in [3.63, 3.8) is 0 Å². The Labute approximate surface area is 88.3 Å². The summed E-state index contributed by atoms with van der Waals surface area (Å²) in [6.45, 7) is 0. The van der Waals surface area contributed by atoms with Crippen LogP contribution < -0.4 is 4.74 Å². The van der Waals surface area contributed by atoms with Gasteiger partial charge in [0.1, 0.15) is 12.0 Å². The Morgan fingerprint density at radius 1 is 1.53 bits per heavy atom. The standard InChI is InChI=1S/C12H9NO2/c1-15-12-6-5-10(9-14)8-11(12)4-2-3-7-13/h5-6,8-9H,3H2,1H3. The molecule has 0 unspecified atom stereocenters. The molecule has 0 bridgehead atoms. The molecule has 3 heteroatoms. The summed E-state index contributed by atoms with van der Waals surface area (Å²) in [5.74, 6) is 6.06. The van der Waals surface area contributed by atoms with E-state index in [2.05, 4.69) is 11.8 Å². The van der Waals surface area contributed by atoms with Gasteiger partial charge in [-0.25, -0.2) is 0 Å². The SMILES string of the molecule is COc1ccc(C=O)cc1C#CCC#N. The molecule has 74 valence electrons. The summed E-state index contributed by atoms with van der Waals surface area (Å²) in [7, 11) is 1.53. The van der Waals surface area contributed by atoms with E-state index in [4.69, 9.17) is 10.00 Å². The number of nitriles is 1. The number of carbonyl (C=O) groups excluding carboxylic acids is 1. The molecule has 0 aromatic heterocycles. The quantitative estimate of drug-likeness (QED) is 0.538. The molecule has 0 amide bonds. The van der Waals surface area contributed by atoms with Gasteiger partial charge in [-0.2, -0.15) is 5.26 Å². The van der Waals surface area contributed by atoms with Gasteiger partial charge >= 0.3 is 0 Å². The van der Waals surface area contributed by atoms with Gasteiger partial charge in [-0.1, -0.05) is 11.8 Å². The average Bonchev–Trinajstić information content (AvgIpc) is 2.29. The number of carbonyl (C=O) groups is 1. The van der Waals surface area contributed by atoms with E-state index >= 15 is 0 Å². The number of aldehydes is 1. The first-order chi connectivity index (χ1) is 7.31. The number of nitrogens with zero attached hydrogens (tertiary/aromatic N) is 1. The summed E-state index contributed by atoms with van der Waals surface area (Å²) < 4.78 is 5.07. The molecule has 0 saturated heterocycles. The number of rotatable bonds is 2. The Kier molecular flexibility index (Phi) is 3.94. The zero-order valence-corrected chi connectivity index (χ0v) is 8.28. The molecule has 1 aromatic rings. The lowest BCUT2D eigenvalue weighted by Gasteiger charge is -2.02.